The summed E-state index contributed by atoms with van der Waals surface area (Å²) < 4.78 is 0. The van der Waals surface area contributed by atoms with Crippen molar-refractivity contribution < 1.29 is 0 Å². The SMILES string of the molecule is CC(C)CN(C(N)=NC(C)(C)C)C1CC1. The second-order valence-electron chi connectivity index (χ2n) is 5.92. The zero-order chi connectivity index (χ0) is 11.6. The van der Waals surface area contributed by atoms with Crippen molar-refractivity contribution in [3.05, 3.63) is 0 Å². The Morgan fingerprint density at radius 2 is 1.93 bits per heavy atom. The van der Waals surface area contributed by atoms with Crippen LogP contribution in [0.4, 0.5) is 0 Å². The molecule has 0 unspecified atom stereocenters. The van der Waals surface area contributed by atoms with Gasteiger partial charge in [0, 0.05) is 12.6 Å². The van der Waals surface area contributed by atoms with Crippen LogP contribution in [0.5, 0.6) is 0 Å². The zero-order valence-corrected chi connectivity index (χ0v) is 10.7. The summed E-state index contributed by atoms with van der Waals surface area (Å²) in [4.78, 5) is 6.82. The molecule has 0 aromatic rings. The summed E-state index contributed by atoms with van der Waals surface area (Å²) in [5, 5.41) is 0. The standard InChI is InChI=1S/C12H25N3/c1-9(2)8-15(10-6-7-10)11(13)14-12(3,4)5/h9-10H,6-8H2,1-5H3,(H2,13,14). The Morgan fingerprint density at radius 3 is 2.27 bits per heavy atom. The largest absolute Gasteiger partial charge is 0.370 e. The summed E-state index contributed by atoms with van der Waals surface area (Å²) in [5.41, 5.74) is 5.99. The third-order valence-corrected chi connectivity index (χ3v) is 2.29. The van der Waals surface area contributed by atoms with Gasteiger partial charge < -0.3 is 10.6 Å². The van der Waals surface area contributed by atoms with Crippen molar-refractivity contribution in [1.29, 1.82) is 0 Å². The first-order chi connectivity index (χ1) is 6.79. The Kier molecular flexibility index (Phi) is 3.63. The highest BCUT2D eigenvalue weighted by molar-refractivity contribution is 5.79. The van der Waals surface area contributed by atoms with Crippen LogP contribution in [0.3, 0.4) is 0 Å². The van der Waals surface area contributed by atoms with E-state index in [4.69, 9.17) is 5.73 Å². The van der Waals surface area contributed by atoms with E-state index in [2.05, 4.69) is 44.5 Å². The second kappa shape index (κ2) is 4.42. The summed E-state index contributed by atoms with van der Waals surface area (Å²) >= 11 is 0. The monoisotopic (exact) mass is 211 g/mol. The van der Waals surface area contributed by atoms with E-state index in [0.717, 1.165) is 12.5 Å². The maximum absolute atomic E-state index is 6.07. The molecule has 0 saturated heterocycles. The molecule has 1 aliphatic carbocycles. The van der Waals surface area contributed by atoms with Crippen LogP contribution in [0.25, 0.3) is 0 Å². The van der Waals surface area contributed by atoms with Crippen molar-refractivity contribution in [3.63, 3.8) is 0 Å². The molecule has 0 radical (unpaired) electrons. The van der Waals surface area contributed by atoms with Gasteiger partial charge in [-0.15, -0.1) is 0 Å². The quantitative estimate of drug-likeness (QED) is 0.574. The highest BCUT2D eigenvalue weighted by Crippen LogP contribution is 2.27. The summed E-state index contributed by atoms with van der Waals surface area (Å²) in [5.74, 6) is 1.36. The number of guanidine groups is 1. The van der Waals surface area contributed by atoms with E-state index in [1.807, 2.05) is 0 Å². The minimum atomic E-state index is -0.0752. The molecule has 1 rings (SSSR count). The fourth-order valence-corrected chi connectivity index (χ4v) is 1.62. The molecular weight excluding hydrogens is 186 g/mol. The van der Waals surface area contributed by atoms with Gasteiger partial charge in [0.25, 0.3) is 0 Å². The Morgan fingerprint density at radius 1 is 1.40 bits per heavy atom. The fourth-order valence-electron chi connectivity index (χ4n) is 1.62. The molecule has 3 nitrogen and oxygen atoms in total. The molecule has 1 fully saturated rings. The highest BCUT2D eigenvalue weighted by Gasteiger charge is 2.31. The fraction of sp³-hybridized carbons (Fsp3) is 0.917. The lowest BCUT2D eigenvalue weighted by Crippen LogP contribution is -2.42. The average Bonchev–Trinajstić information content (AvgIpc) is 2.78. The molecule has 1 aliphatic rings. The summed E-state index contributed by atoms with van der Waals surface area (Å²) in [6, 6.07) is 0.651. The van der Waals surface area contributed by atoms with Gasteiger partial charge in [0.2, 0.25) is 0 Å². The maximum Gasteiger partial charge on any atom is 0.192 e. The topological polar surface area (TPSA) is 41.6 Å². The van der Waals surface area contributed by atoms with Crippen LogP contribution < -0.4 is 5.73 Å². The number of hydrogen-bond donors (Lipinski definition) is 1. The Bertz CT molecular complexity index is 234. The molecular formula is C12H25N3. The van der Waals surface area contributed by atoms with Gasteiger partial charge in [-0.05, 0) is 39.5 Å². The predicted molar refractivity (Wildman–Crippen MR) is 65.9 cm³/mol. The molecule has 0 bridgehead atoms. The molecule has 2 N–H and O–H groups in total. The molecule has 0 aromatic heterocycles. The zero-order valence-electron chi connectivity index (χ0n) is 10.7. The number of aliphatic imine (C=N–C) groups is 1. The van der Waals surface area contributed by atoms with Crippen LogP contribution in [-0.4, -0.2) is 29.0 Å². The smallest absolute Gasteiger partial charge is 0.192 e. The third kappa shape index (κ3) is 4.54. The molecule has 0 spiro atoms. The van der Waals surface area contributed by atoms with E-state index in [1.54, 1.807) is 0 Å². The van der Waals surface area contributed by atoms with Crippen molar-refractivity contribution in [2.24, 2.45) is 16.6 Å². The molecule has 3 heteroatoms. The van der Waals surface area contributed by atoms with Crippen molar-refractivity contribution in [3.8, 4) is 0 Å². The molecule has 88 valence electrons. The summed E-state index contributed by atoms with van der Waals surface area (Å²) in [6.07, 6.45) is 2.54. The van der Waals surface area contributed by atoms with Crippen LogP contribution >= 0.6 is 0 Å². The summed E-state index contributed by atoms with van der Waals surface area (Å²) in [6.45, 7) is 11.7. The van der Waals surface area contributed by atoms with E-state index in [1.165, 1.54) is 12.8 Å². The lowest BCUT2D eigenvalue weighted by Gasteiger charge is -2.27. The number of hydrogen-bond acceptors (Lipinski definition) is 1. The van der Waals surface area contributed by atoms with E-state index in [9.17, 15) is 0 Å². The third-order valence-electron chi connectivity index (χ3n) is 2.29. The van der Waals surface area contributed by atoms with Gasteiger partial charge in [-0.2, -0.15) is 0 Å². The van der Waals surface area contributed by atoms with Crippen LogP contribution in [0.2, 0.25) is 0 Å². The summed E-state index contributed by atoms with van der Waals surface area (Å²) in [7, 11) is 0. The molecule has 1 saturated carbocycles. The molecule has 0 aromatic carbocycles. The van der Waals surface area contributed by atoms with Gasteiger partial charge in [-0.3, -0.25) is 0 Å². The van der Waals surface area contributed by atoms with Crippen molar-refractivity contribution in [2.45, 2.75) is 59.0 Å². The van der Waals surface area contributed by atoms with Gasteiger partial charge in [-0.1, -0.05) is 13.8 Å². The van der Waals surface area contributed by atoms with E-state index < -0.39 is 0 Å². The first kappa shape index (κ1) is 12.3. The van der Waals surface area contributed by atoms with Gasteiger partial charge in [-0.25, -0.2) is 4.99 Å². The molecule has 0 amide bonds. The van der Waals surface area contributed by atoms with Crippen molar-refractivity contribution in [2.75, 3.05) is 6.54 Å². The first-order valence-electron chi connectivity index (χ1n) is 5.91. The Balaban J connectivity index is 2.66. The van der Waals surface area contributed by atoms with Gasteiger partial charge in [0.15, 0.2) is 5.96 Å². The lowest BCUT2D eigenvalue weighted by molar-refractivity contribution is 0.348. The minimum Gasteiger partial charge on any atom is -0.370 e. The van der Waals surface area contributed by atoms with E-state index in [-0.39, 0.29) is 5.54 Å². The number of nitrogens with two attached hydrogens (primary N) is 1. The van der Waals surface area contributed by atoms with Gasteiger partial charge in [0.1, 0.15) is 0 Å². The lowest BCUT2D eigenvalue weighted by atomic mass is 10.1. The van der Waals surface area contributed by atoms with Gasteiger partial charge >= 0.3 is 0 Å². The number of rotatable bonds is 3. The van der Waals surface area contributed by atoms with Crippen molar-refractivity contribution >= 4 is 5.96 Å². The predicted octanol–water partition coefficient (Wildman–Crippen LogP) is 2.22. The van der Waals surface area contributed by atoms with Crippen LogP contribution in [0, 0.1) is 5.92 Å². The molecule has 0 aliphatic heterocycles. The Labute approximate surface area is 93.7 Å². The van der Waals surface area contributed by atoms with Crippen LogP contribution in [-0.2, 0) is 0 Å². The molecule has 15 heavy (non-hydrogen) atoms. The maximum atomic E-state index is 6.07. The minimum absolute atomic E-state index is 0.0752. The second-order valence-corrected chi connectivity index (χ2v) is 5.92. The first-order valence-corrected chi connectivity index (χ1v) is 5.91. The number of nitrogens with zero attached hydrogens (tertiary/aromatic N) is 2. The molecule has 0 atom stereocenters. The molecule has 0 heterocycles. The van der Waals surface area contributed by atoms with Gasteiger partial charge in [0.05, 0.1) is 5.54 Å². The van der Waals surface area contributed by atoms with E-state index in [0.29, 0.717) is 12.0 Å². The normalized spacial score (nSPS) is 18.4. The Hall–Kier alpha value is -0.730. The van der Waals surface area contributed by atoms with Crippen LogP contribution in [0.15, 0.2) is 4.99 Å². The highest BCUT2D eigenvalue weighted by atomic mass is 15.3. The van der Waals surface area contributed by atoms with Crippen LogP contribution in [0.1, 0.15) is 47.5 Å². The average molecular weight is 211 g/mol. The van der Waals surface area contributed by atoms with E-state index >= 15 is 0 Å². The van der Waals surface area contributed by atoms with Crippen molar-refractivity contribution in [1.82, 2.24) is 4.90 Å².